The molecule has 11 nitrogen and oxygen atoms in total. The number of para-hydroxylation sites is 1. The molecule has 1 aromatic heterocycles. The number of esters is 1. The molecule has 11 heteroatoms. The van der Waals surface area contributed by atoms with Crippen molar-refractivity contribution in [2.75, 3.05) is 13.2 Å². The molecule has 1 aromatic carbocycles. The van der Waals surface area contributed by atoms with Gasteiger partial charge in [-0.05, 0) is 45.2 Å². The third-order valence-electron chi connectivity index (χ3n) is 7.97. The zero-order valence-corrected chi connectivity index (χ0v) is 20.1. The Hall–Kier alpha value is -3.05. The van der Waals surface area contributed by atoms with E-state index in [1.807, 2.05) is 31.2 Å². The van der Waals surface area contributed by atoms with E-state index in [0.717, 1.165) is 5.52 Å². The molecule has 0 radical (unpaired) electrons. The molecule has 2 unspecified atom stereocenters. The predicted octanol–water partition coefficient (Wildman–Crippen LogP) is 0.604. The number of likely N-dealkylation sites (tertiary alicyclic amines) is 1. The molecule has 4 heterocycles. The Kier molecular flexibility index (Phi) is 5.79. The van der Waals surface area contributed by atoms with Crippen molar-refractivity contribution in [3.05, 3.63) is 24.3 Å². The third kappa shape index (κ3) is 3.28. The number of nitrogens with one attached hydrogen (secondary N) is 1. The van der Waals surface area contributed by atoms with E-state index in [0.29, 0.717) is 24.8 Å². The third-order valence-corrected chi connectivity index (χ3v) is 7.97. The van der Waals surface area contributed by atoms with Gasteiger partial charge in [-0.1, -0.05) is 24.3 Å². The lowest BCUT2D eigenvalue weighted by molar-refractivity contribution is -0.161. The molecular formula is C24H31N5O6. The van der Waals surface area contributed by atoms with Gasteiger partial charge in [-0.2, -0.15) is 0 Å². The lowest BCUT2D eigenvalue weighted by Gasteiger charge is -2.36. The molecule has 0 aliphatic carbocycles. The number of carbonyl (C=O) groups excluding carboxylic acids is 3. The van der Waals surface area contributed by atoms with E-state index >= 15 is 0 Å². The highest BCUT2D eigenvalue weighted by molar-refractivity contribution is 5.98. The molecule has 3 fully saturated rings. The van der Waals surface area contributed by atoms with Gasteiger partial charge >= 0.3 is 5.97 Å². The summed E-state index contributed by atoms with van der Waals surface area (Å²) in [6, 6.07) is 5.77. The van der Waals surface area contributed by atoms with Crippen LogP contribution < -0.4 is 5.32 Å². The standard InChI is InChI=1S/C24H31N5O6/c1-4-23-10-11-24(35-23)17(18(23)22(33)34-5-2)21(32)29(14(3)12-30)19(24)20(31)25-13-28-16-9-7-6-8-15(16)26-27-28/h6-9,14,17-19,30H,4-5,10-13H2,1-3H3,(H,25,31)/t14-,17+,18-,19?,23+,24?/m1/s1. The summed E-state index contributed by atoms with van der Waals surface area (Å²) in [7, 11) is 0. The minimum atomic E-state index is -1.16. The van der Waals surface area contributed by atoms with Crippen molar-refractivity contribution in [2.24, 2.45) is 11.8 Å². The number of aliphatic hydroxyl groups is 1. The van der Waals surface area contributed by atoms with Gasteiger partial charge in [0.2, 0.25) is 11.8 Å². The fraction of sp³-hybridized carbons (Fsp3) is 0.625. The Morgan fingerprint density at radius 2 is 2.09 bits per heavy atom. The van der Waals surface area contributed by atoms with Gasteiger partial charge in [0.15, 0.2) is 0 Å². The fourth-order valence-electron chi connectivity index (χ4n) is 6.39. The molecule has 2 aromatic rings. The summed E-state index contributed by atoms with van der Waals surface area (Å²) < 4.78 is 13.5. The van der Waals surface area contributed by atoms with Crippen LogP contribution in [0.15, 0.2) is 24.3 Å². The molecule has 0 saturated carbocycles. The van der Waals surface area contributed by atoms with Crippen LogP contribution in [0.1, 0.15) is 40.0 Å². The maximum atomic E-state index is 13.8. The molecule has 35 heavy (non-hydrogen) atoms. The van der Waals surface area contributed by atoms with Crippen LogP contribution in [0.25, 0.3) is 11.0 Å². The van der Waals surface area contributed by atoms with Crippen LogP contribution in [-0.2, 0) is 30.5 Å². The van der Waals surface area contributed by atoms with Gasteiger partial charge in [-0.25, -0.2) is 4.68 Å². The van der Waals surface area contributed by atoms with Crippen molar-refractivity contribution in [3.8, 4) is 0 Å². The lowest BCUT2D eigenvalue weighted by Crippen LogP contribution is -2.57. The highest BCUT2D eigenvalue weighted by Gasteiger charge is 2.79. The first-order valence-electron chi connectivity index (χ1n) is 12.2. The SMILES string of the molecule is CCOC(=O)[C@H]1[C@H]2C(=O)N([C@H](C)CO)C(C(=O)NCn3nnc4ccccc43)C23CC[C@]1(CC)O3. The van der Waals surface area contributed by atoms with E-state index in [2.05, 4.69) is 15.6 Å². The molecule has 3 aliphatic heterocycles. The molecular weight excluding hydrogens is 454 g/mol. The summed E-state index contributed by atoms with van der Waals surface area (Å²) in [5, 5.41) is 21.0. The molecule has 2 bridgehead atoms. The van der Waals surface area contributed by atoms with Gasteiger partial charge in [0.25, 0.3) is 0 Å². The first-order valence-corrected chi connectivity index (χ1v) is 12.2. The molecule has 2 amide bonds. The van der Waals surface area contributed by atoms with E-state index in [1.165, 1.54) is 4.90 Å². The second kappa shape index (κ2) is 8.56. The number of amides is 2. The van der Waals surface area contributed by atoms with Crippen molar-refractivity contribution in [2.45, 2.75) is 70.0 Å². The second-order valence-corrected chi connectivity index (χ2v) is 9.64. The van der Waals surface area contributed by atoms with Crippen molar-refractivity contribution >= 4 is 28.8 Å². The number of fused-ring (bicyclic) bond motifs is 2. The first-order chi connectivity index (χ1) is 16.8. The summed E-state index contributed by atoms with van der Waals surface area (Å²) in [6.07, 6.45) is 1.54. The van der Waals surface area contributed by atoms with Crippen LogP contribution in [0.4, 0.5) is 0 Å². The Balaban J connectivity index is 1.49. The van der Waals surface area contributed by atoms with Crippen LogP contribution in [0.5, 0.6) is 0 Å². The minimum Gasteiger partial charge on any atom is -0.466 e. The van der Waals surface area contributed by atoms with Crippen molar-refractivity contribution in [1.82, 2.24) is 25.2 Å². The van der Waals surface area contributed by atoms with Crippen LogP contribution in [-0.4, -0.2) is 79.3 Å². The normalized spacial score (nSPS) is 32.2. The topological polar surface area (TPSA) is 136 Å². The van der Waals surface area contributed by atoms with Crippen molar-refractivity contribution in [1.29, 1.82) is 0 Å². The number of aromatic nitrogens is 3. The van der Waals surface area contributed by atoms with Crippen LogP contribution in [0.3, 0.4) is 0 Å². The molecule has 6 atom stereocenters. The number of benzene rings is 1. The van der Waals surface area contributed by atoms with E-state index in [1.54, 1.807) is 18.5 Å². The molecule has 3 saturated heterocycles. The largest absolute Gasteiger partial charge is 0.466 e. The van der Waals surface area contributed by atoms with E-state index in [9.17, 15) is 19.5 Å². The van der Waals surface area contributed by atoms with E-state index in [4.69, 9.17) is 9.47 Å². The maximum Gasteiger partial charge on any atom is 0.312 e. The van der Waals surface area contributed by atoms with Gasteiger partial charge < -0.3 is 24.8 Å². The maximum absolute atomic E-state index is 13.8. The number of hydrogen-bond acceptors (Lipinski definition) is 8. The Bertz CT molecular complexity index is 1170. The van der Waals surface area contributed by atoms with Crippen molar-refractivity contribution < 1.29 is 29.0 Å². The number of ether oxygens (including phenoxy) is 2. The van der Waals surface area contributed by atoms with Gasteiger partial charge in [0.1, 0.15) is 29.7 Å². The first kappa shape index (κ1) is 23.7. The lowest BCUT2D eigenvalue weighted by atomic mass is 9.65. The average molecular weight is 486 g/mol. The Morgan fingerprint density at radius 3 is 2.80 bits per heavy atom. The van der Waals surface area contributed by atoms with E-state index in [-0.39, 0.29) is 25.8 Å². The summed E-state index contributed by atoms with van der Waals surface area (Å²) in [6.45, 7) is 5.25. The number of rotatable bonds is 8. The van der Waals surface area contributed by atoms with Crippen LogP contribution >= 0.6 is 0 Å². The summed E-state index contributed by atoms with van der Waals surface area (Å²) in [5.41, 5.74) is -0.547. The van der Waals surface area contributed by atoms with Gasteiger partial charge in [0.05, 0.1) is 36.3 Å². The van der Waals surface area contributed by atoms with Gasteiger partial charge in [0, 0.05) is 0 Å². The smallest absolute Gasteiger partial charge is 0.312 e. The summed E-state index contributed by atoms with van der Waals surface area (Å²) >= 11 is 0. The van der Waals surface area contributed by atoms with Crippen LogP contribution in [0, 0.1) is 11.8 Å². The highest BCUT2D eigenvalue weighted by Crippen LogP contribution is 2.64. The van der Waals surface area contributed by atoms with E-state index < -0.39 is 47.0 Å². The average Bonchev–Trinajstić information content (AvgIpc) is 3.59. The number of aliphatic hydroxyl groups excluding tert-OH is 1. The van der Waals surface area contributed by atoms with Crippen LogP contribution in [0.2, 0.25) is 0 Å². The monoisotopic (exact) mass is 485 g/mol. The molecule has 3 aliphatic rings. The van der Waals surface area contributed by atoms with Gasteiger partial charge in [-0.15, -0.1) is 5.10 Å². The zero-order chi connectivity index (χ0) is 25.0. The quantitative estimate of drug-likeness (QED) is 0.519. The molecule has 2 N–H and O–H groups in total. The van der Waals surface area contributed by atoms with Gasteiger partial charge in [-0.3, -0.25) is 14.4 Å². The summed E-state index contributed by atoms with van der Waals surface area (Å²) in [4.78, 5) is 42.0. The Morgan fingerprint density at radius 1 is 1.31 bits per heavy atom. The molecule has 5 rings (SSSR count). The second-order valence-electron chi connectivity index (χ2n) is 9.64. The number of nitrogens with zero attached hydrogens (tertiary/aromatic N) is 4. The number of hydrogen-bond donors (Lipinski definition) is 2. The molecule has 188 valence electrons. The number of carbonyl (C=O) groups is 3. The highest BCUT2D eigenvalue weighted by atomic mass is 16.6. The summed E-state index contributed by atoms with van der Waals surface area (Å²) in [5.74, 6) is -2.88. The Labute approximate surface area is 202 Å². The van der Waals surface area contributed by atoms with Crippen molar-refractivity contribution in [3.63, 3.8) is 0 Å². The fourth-order valence-corrected chi connectivity index (χ4v) is 6.39. The molecule has 1 spiro atoms. The zero-order valence-electron chi connectivity index (χ0n) is 20.1. The minimum absolute atomic E-state index is 0.0480. The predicted molar refractivity (Wildman–Crippen MR) is 123 cm³/mol.